The van der Waals surface area contributed by atoms with Crippen LogP contribution in [0.3, 0.4) is 0 Å². The highest BCUT2D eigenvalue weighted by atomic mass is 79.9. The first kappa shape index (κ1) is 16.0. The van der Waals surface area contributed by atoms with Crippen molar-refractivity contribution in [3.05, 3.63) is 75.3 Å². The van der Waals surface area contributed by atoms with Gasteiger partial charge in [-0.1, -0.05) is 68.3 Å². The Labute approximate surface area is 149 Å². The molecule has 0 saturated heterocycles. The first-order chi connectivity index (χ1) is 11.0. The lowest BCUT2D eigenvalue weighted by atomic mass is 9.80. The number of ketones is 3. The van der Waals surface area contributed by atoms with Gasteiger partial charge >= 0.3 is 0 Å². The minimum absolute atomic E-state index is 0.0104. The molecule has 2 aromatic carbocycles. The van der Waals surface area contributed by atoms with Gasteiger partial charge in [-0.25, -0.2) is 0 Å². The van der Waals surface area contributed by atoms with Crippen LogP contribution >= 0.6 is 31.9 Å². The van der Waals surface area contributed by atoms with E-state index in [2.05, 4.69) is 31.9 Å². The van der Waals surface area contributed by atoms with Crippen LogP contribution in [0.1, 0.15) is 26.3 Å². The monoisotopic (exact) mass is 432 g/mol. The zero-order chi connectivity index (χ0) is 16.6. The number of allylic oxidation sites excluding steroid dienone is 2. The fraction of sp³-hybridized carbons (Fsp3) is 0.0556. The molecule has 0 amide bonds. The van der Waals surface area contributed by atoms with E-state index in [1.165, 1.54) is 0 Å². The summed E-state index contributed by atoms with van der Waals surface area (Å²) in [6, 6.07) is 13.6. The molecule has 0 aromatic heterocycles. The molecule has 23 heavy (non-hydrogen) atoms. The lowest BCUT2D eigenvalue weighted by Gasteiger charge is -2.20. The van der Waals surface area contributed by atoms with Gasteiger partial charge in [-0.05, 0) is 17.7 Å². The van der Waals surface area contributed by atoms with Crippen molar-refractivity contribution in [1.82, 2.24) is 0 Å². The van der Waals surface area contributed by atoms with E-state index in [9.17, 15) is 14.4 Å². The number of carbonyl (C=O) groups excluding carboxylic acids is 3. The van der Waals surface area contributed by atoms with Crippen LogP contribution in [0.15, 0.2) is 58.6 Å². The number of benzene rings is 2. The zero-order valence-electron chi connectivity index (χ0n) is 11.8. The number of halogens is 2. The predicted octanol–water partition coefficient (Wildman–Crippen LogP) is 4.25. The molecule has 0 fully saturated rings. The van der Waals surface area contributed by atoms with Crippen LogP contribution in [0.4, 0.5) is 0 Å². The number of Topliss-reactive ketones (excluding diaryl/α,β-unsaturated/α-hetero) is 3. The van der Waals surface area contributed by atoms with E-state index in [1.54, 1.807) is 48.5 Å². The lowest BCUT2D eigenvalue weighted by molar-refractivity contribution is -0.112. The third kappa shape index (κ3) is 2.75. The number of fused-ring (bicyclic) bond motifs is 1. The van der Waals surface area contributed by atoms with Gasteiger partial charge in [0.1, 0.15) is 0 Å². The standard InChI is InChI=1S/C18H10Br2O3/c19-9-14(21)16-15(10-5-7-11(20)8-6-10)17(22)12-3-1-2-4-13(12)18(16)23/h1-8H,9H2. The first-order valence-electron chi connectivity index (χ1n) is 6.82. The highest BCUT2D eigenvalue weighted by Gasteiger charge is 2.35. The van der Waals surface area contributed by atoms with E-state index in [0.29, 0.717) is 11.1 Å². The molecule has 3 rings (SSSR count). The van der Waals surface area contributed by atoms with Crippen molar-refractivity contribution in [2.24, 2.45) is 0 Å². The Morgan fingerprint density at radius 2 is 1.43 bits per heavy atom. The van der Waals surface area contributed by atoms with Gasteiger partial charge in [0.2, 0.25) is 0 Å². The number of hydrogen-bond donors (Lipinski definition) is 0. The van der Waals surface area contributed by atoms with Crippen LogP contribution in [0.2, 0.25) is 0 Å². The maximum Gasteiger partial charge on any atom is 0.198 e. The maximum absolute atomic E-state index is 12.9. The fourth-order valence-corrected chi connectivity index (χ4v) is 3.15. The summed E-state index contributed by atoms with van der Waals surface area (Å²) in [5.41, 5.74) is 1.30. The van der Waals surface area contributed by atoms with Crippen LogP contribution in [0.25, 0.3) is 5.57 Å². The van der Waals surface area contributed by atoms with Crippen LogP contribution in [0.5, 0.6) is 0 Å². The van der Waals surface area contributed by atoms with Crippen molar-refractivity contribution in [3.8, 4) is 0 Å². The summed E-state index contributed by atoms with van der Waals surface area (Å²) in [5.74, 6) is -1.09. The molecule has 3 nitrogen and oxygen atoms in total. The Morgan fingerprint density at radius 3 is 2.00 bits per heavy atom. The maximum atomic E-state index is 12.9. The molecule has 0 spiro atoms. The number of carbonyl (C=O) groups is 3. The highest BCUT2D eigenvalue weighted by Crippen LogP contribution is 2.33. The summed E-state index contributed by atoms with van der Waals surface area (Å²) in [6.45, 7) is 0. The minimum atomic E-state index is -0.400. The largest absolute Gasteiger partial charge is 0.293 e. The number of hydrogen-bond acceptors (Lipinski definition) is 3. The van der Waals surface area contributed by atoms with E-state index < -0.39 is 11.6 Å². The first-order valence-corrected chi connectivity index (χ1v) is 8.74. The molecule has 5 heteroatoms. The summed E-state index contributed by atoms with van der Waals surface area (Å²) in [4.78, 5) is 37.9. The molecule has 0 aliphatic heterocycles. The molecule has 0 bridgehead atoms. The van der Waals surface area contributed by atoms with Gasteiger partial charge in [0.05, 0.1) is 10.9 Å². The third-order valence-corrected chi connectivity index (χ3v) is 4.69. The fourth-order valence-electron chi connectivity index (χ4n) is 2.60. The van der Waals surface area contributed by atoms with Gasteiger partial charge in [-0.15, -0.1) is 0 Å². The molecular formula is C18H10Br2O3. The van der Waals surface area contributed by atoms with E-state index >= 15 is 0 Å². The van der Waals surface area contributed by atoms with Crippen molar-refractivity contribution in [3.63, 3.8) is 0 Å². The van der Waals surface area contributed by atoms with E-state index in [0.717, 1.165) is 4.47 Å². The number of rotatable bonds is 3. The Morgan fingerprint density at radius 1 is 0.870 bits per heavy atom. The molecule has 1 aliphatic rings. The van der Waals surface area contributed by atoms with Crippen molar-refractivity contribution in [2.45, 2.75) is 0 Å². The predicted molar refractivity (Wildman–Crippen MR) is 95.0 cm³/mol. The van der Waals surface area contributed by atoms with E-state index in [4.69, 9.17) is 0 Å². The second-order valence-electron chi connectivity index (χ2n) is 5.02. The van der Waals surface area contributed by atoms with Crippen molar-refractivity contribution < 1.29 is 14.4 Å². The molecule has 0 unspecified atom stereocenters. The van der Waals surface area contributed by atoms with Gasteiger partial charge in [-0.3, -0.25) is 14.4 Å². The normalized spacial score (nSPS) is 14.0. The molecule has 0 atom stereocenters. The van der Waals surface area contributed by atoms with Crippen LogP contribution < -0.4 is 0 Å². The molecule has 114 valence electrons. The van der Waals surface area contributed by atoms with Crippen LogP contribution in [-0.2, 0) is 4.79 Å². The molecule has 0 heterocycles. The van der Waals surface area contributed by atoms with Crippen LogP contribution in [0, 0.1) is 0 Å². The Bertz CT molecular complexity index is 864. The van der Waals surface area contributed by atoms with Gasteiger partial charge < -0.3 is 0 Å². The molecule has 0 N–H and O–H groups in total. The average molecular weight is 434 g/mol. The van der Waals surface area contributed by atoms with Gasteiger partial charge in [0, 0.05) is 21.2 Å². The summed E-state index contributed by atoms with van der Waals surface area (Å²) >= 11 is 6.43. The molecule has 0 saturated carbocycles. The Kier molecular flexibility index (Phi) is 4.41. The SMILES string of the molecule is O=C(CBr)C1=C(c2ccc(Br)cc2)C(=O)c2ccccc2C1=O. The van der Waals surface area contributed by atoms with Crippen molar-refractivity contribution in [2.75, 3.05) is 5.33 Å². The minimum Gasteiger partial charge on any atom is -0.293 e. The van der Waals surface area contributed by atoms with Gasteiger partial charge in [0.15, 0.2) is 17.3 Å². The zero-order valence-corrected chi connectivity index (χ0v) is 15.0. The smallest absolute Gasteiger partial charge is 0.198 e. The molecule has 2 aromatic rings. The molecule has 1 aliphatic carbocycles. The summed E-state index contributed by atoms with van der Waals surface area (Å²) < 4.78 is 0.852. The summed E-state index contributed by atoms with van der Waals surface area (Å²) in [7, 11) is 0. The van der Waals surface area contributed by atoms with Crippen LogP contribution in [-0.4, -0.2) is 22.7 Å². The second-order valence-corrected chi connectivity index (χ2v) is 6.49. The van der Waals surface area contributed by atoms with Crippen molar-refractivity contribution >= 4 is 54.8 Å². The van der Waals surface area contributed by atoms with Crippen molar-refractivity contribution in [1.29, 1.82) is 0 Å². The molecule has 0 radical (unpaired) electrons. The lowest BCUT2D eigenvalue weighted by Crippen LogP contribution is -2.26. The second kappa shape index (κ2) is 6.34. The topological polar surface area (TPSA) is 51.2 Å². The summed E-state index contributed by atoms with van der Waals surface area (Å²) in [6.07, 6.45) is 0. The Hall–Kier alpha value is -1.85. The quantitative estimate of drug-likeness (QED) is 0.537. The third-order valence-electron chi connectivity index (χ3n) is 3.65. The van der Waals surface area contributed by atoms with Gasteiger partial charge in [-0.2, -0.15) is 0 Å². The highest BCUT2D eigenvalue weighted by molar-refractivity contribution is 9.10. The average Bonchev–Trinajstić information content (AvgIpc) is 2.58. The van der Waals surface area contributed by atoms with Gasteiger partial charge in [0.25, 0.3) is 0 Å². The Balaban J connectivity index is 2.30. The number of alkyl halides is 1. The molecular weight excluding hydrogens is 424 g/mol. The summed E-state index contributed by atoms with van der Waals surface area (Å²) in [5, 5.41) is -0.0104. The van der Waals surface area contributed by atoms with E-state index in [-0.39, 0.29) is 27.8 Å². The van der Waals surface area contributed by atoms with E-state index in [1.807, 2.05) is 0 Å².